The molecule has 1 N–H and O–H groups in total. The Hall–Kier alpha value is -3.73. The minimum atomic E-state index is -0.296. The van der Waals surface area contributed by atoms with E-state index in [-0.39, 0.29) is 5.63 Å². The number of para-hydroxylation sites is 3. The van der Waals surface area contributed by atoms with E-state index < -0.39 is 0 Å². The van der Waals surface area contributed by atoms with E-state index in [0.717, 1.165) is 22.0 Å². The summed E-state index contributed by atoms with van der Waals surface area (Å²) >= 11 is 0. The predicted octanol–water partition coefficient (Wildman–Crippen LogP) is 4.42. The first-order valence-corrected chi connectivity index (χ1v) is 8.15. The third-order valence-electron chi connectivity index (χ3n) is 3.95. The van der Waals surface area contributed by atoms with Crippen molar-refractivity contribution in [2.45, 2.75) is 0 Å². The standard InChI is InChI=1S/C15H10O2.C6H5N3/c16-15-13(11-6-2-1-3-7-11)10-12-8-4-5-9-14(12)17-15;1-2-4-6-5(3-1)7-9-8-6/h1-10H;1-4H,(H,7,8,9). The highest BCUT2D eigenvalue weighted by molar-refractivity contribution is 5.81. The molecule has 3 aromatic carbocycles. The van der Waals surface area contributed by atoms with E-state index in [0.29, 0.717) is 11.1 Å². The second-order valence-corrected chi connectivity index (χ2v) is 5.66. The Labute approximate surface area is 148 Å². The molecule has 5 heteroatoms. The fourth-order valence-corrected chi connectivity index (χ4v) is 2.67. The van der Waals surface area contributed by atoms with Crippen molar-refractivity contribution in [2.24, 2.45) is 0 Å². The SMILES string of the molecule is O=c1oc2ccccc2cc1-c1ccccc1.c1ccc2n[nH]nc2c1. The molecule has 126 valence electrons. The first kappa shape index (κ1) is 15.8. The number of H-pyrrole nitrogens is 1. The second kappa shape index (κ2) is 7.03. The third-order valence-corrected chi connectivity index (χ3v) is 3.95. The van der Waals surface area contributed by atoms with Gasteiger partial charge in [-0.05, 0) is 29.8 Å². The maximum absolute atomic E-state index is 11.9. The topological polar surface area (TPSA) is 71.8 Å². The van der Waals surface area contributed by atoms with Gasteiger partial charge >= 0.3 is 5.63 Å². The van der Waals surface area contributed by atoms with Gasteiger partial charge in [0.05, 0.1) is 5.56 Å². The van der Waals surface area contributed by atoms with Crippen LogP contribution in [-0.4, -0.2) is 15.4 Å². The van der Waals surface area contributed by atoms with Crippen LogP contribution in [0.5, 0.6) is 0 Å². The zero-order valence-corrected chi connectivity index (χ0v) is 13.8. The van der Waals surface area contributed by atoms with Gasteiger partial charge in [-0.15, -0.1) is 0 Å². The van der Waals surface area contributed by atoms with E-state index in [9.17, 15) is 4.79 Å². The molecule has 0 saturated carbocycles. The summed E-state index contributed by atoms with van der Waals surface area (Å²) in [7, 11) is 0. The van der Waals surface area contributed by atoms with Gasteiger partial charge < -0.3 is 4.42 Å². The first-order valence-electron chi connectivity index (χ1n) is 8.15. The van der Waals surface area contributed by atoms with Crippen molar-refractivity contribution in [1.29, 1.82) is 0 Å². The molecule has 0 aliphatic rings. The fourth-order valence-electron chi connectivity index (χ4n) is 2.67. The molecule has 0 bridgehead atoms. The maximum Gasteiger partial charge on any atom is 0.344 e. The Morgan fingerprint density at radius 2 is 1.35 bits per heavy atom. The number of benzene rings is 3. The van der Waals surface area contributed by atoms with Gasteiger partial charge in [-0.1, -0.05) is 60.7 Å². The lowest BCUT2D eigenvalue weighted by molar-refractivity contribution is 0.563. The summed E-state index contributed by atoms with van der Waals surface area (Å²) in [5.41, 5.74) is 3.64. The van der Waals surface area contributed by atoms with Crippen LogP contribution in [-0.2, 0) is 0 Å². The number of nitrogens with one attached hydrogen (secondary N) is 1. The van der Waals surface area contributed by atoms with Gasteiger partial charge in [0, 0.05) is 5.39 Å². The average molecular weight is 341 g/mol. The number of aromatic nitrogens is 3. The van der Waals surface area contributed by atoms with Crippen molar-refractivity contribution in [3.63, 3.8) is 0 Å². The molecule has 0 aliphatic heterocycles. The van der Waals surface area contributed by atoms with Crippen LogP contribution in [0.3, 0.4) is 0 Å². The molecule has 0 unspecified atom stereocenters. The molecule has 0 atom stereocenters. The highest BCUT2D eigenvalue weighted by Crippen LogP contribution is 2.20. The minimum absolute atomic E-state index is 0.296. The van der Waals surface area contributed by atoms with Crippen LogP contribution in [0.2, 0.25) is 0 Å². The third kappa shape index (κ3) is 3.23. The van der Waals surface area contributed by atoms with Gasteiger partial charge in [0.25, 0.3) is 0 Å². The van der Waals surface area contributed by atoms with E-state index in [1.54, 1.807) is 6.07 Å². The Morgan fingerprint density at radius 1 is 0.731 bits per heavy atom. The van der Waals surface area contributed by atoms with Crippen LogP contribution < -0.4 is 5.63 Å². The van der Waals surface area contributed by atoms with Crippen molar-refractivity contribution in [3.8, 4) is 11.1 Å². The molecular formula is C21H15N3O2. The van der Waals surface area contributed by atoms with Crippen LogP contribution in [0.25, 0.3) is 33.1 Å². The zero-order valence-electron chi connectivity index (χ0n) is 13.8. The van der Waals surface area contributed by atoms with Crippen molar-refractivity contribution >= 4 is 22.0 Å². The first-order chi connectivity index (χ1) is 12.8. The molecule has 0 amide bonds. The number of rotatable bonds is 1. The highest BCUT2D eigenvalue weighted by atomic mass is 16.4. The predicted molar refractivity (Wildman–Crippen MR) is 102 cm³/mol. The smallest absolute Gasteiger partial charge is 0.344 e. The molecule has 5 nitrogen and oxygen atoms in total. The van der Waals surface area contributed by atoms with Crippen LogP contribution >= 0.6 is 0 Å². The van der Waals surface area contributed by atoms with Gasteiger partial charge in [0.15, 0.2) is 0 Å². The van der Waals surface area contributed by atoms with E-state index in [4.69, 9.17) is 4.42 Å². The number of aromatic amines is 1. The molecule has 0 saturated heterocycles. The molecule has 26 heavy (non-hydrogen) atoms. The molecule has 5 rings (SSSR count). The van der Waals surface area contributed by atoms with E-state index in [1.165, 1.54) is 0 Å². The monoisotopic (exact) mass is 341 g/mol. The molecule has 0 radical (unpaired) electrons. The lowest BCUT2D eigenvalue weighted by Gasteiger charge is -2.01. The van der Waals surface area contributed by atoms with Gasteiger partial charge in [-0.2, -0.15) is 15.4 Å². The van der Waals surface area contributed by atoms with Crippen molar-refractivity contribution < 1.29 is 4.42 Å². The molecule has 0 aliphatic carbocycles. The summed E-state index contributed by atoms with van der Waals surface area (Å²) in [5, 5.41) is 11.2. The fraction of sp³-hybridized carbons (Fsp3) is 0. The van der Waals surface area contributed by atoms with Crippen LogP contribution in [0.1, 0.15) is 0 Å². The van der Waals surface area contributed by atoms with Crippen LogP contribution in [0, 0.1) is 0 Å². The molecule has 2 aromatic heterocycles. The summed E-state index contributed by atoms with van der Waals surface area (Å²) in [4.78, 5) is 11.9. The van der Waals surface area contributed by atoms with Crippen molar-refractivity contribution in [2.75, 3.05) is 0 Å². The van der Waals surface area contributed by atoms with E-state index >= 15 is 0 Å². The van der Waals surface area contributed by atoms with Crippen molar-refractivity contribution in [3.05, 3.63) is 95.3 Å². The summed E-state index contributed by atoms with van der Waals surface area (Å²) in [6.07, 6.45) is 0. The largest absolute Gasteiger partial charge is 0.422 e. The minimum Gasteiger partial charge on any atom is -0.422 e. The van der Waals surface area contributed by atoms with Gasteiger partial charge in [-0.3, -0.25) is 0 Å². The number of hydrogen-bond donors (Lipinski definition) is 1. The number of nitrogens with zero attached hydrogens (tertiary/aromatic N) is 2. The van der Waals surface area contributed by atoms with Gasteiger partial charge in [0.2, 0.25) is 0 Å². The lowest BCUT2D eigenvalue weighted by Crippen LogP contribution is -2.02. The Bertz CT molecular complexity index is 1180. The maximum atomic E-state index is 11.9. The van der Waals surface area contributed by atoms with Crippen LogP contribution in [0.15, 0.2) is 94.1 Å². The Kier molecular flexibility index (Phi) is 4.26. The summed E-state index contributed by atoms with van der Waals surface area (Å²) in [6, 6.07) is 26.6. The van der Waals surface area contributed by atoms with Gasteiger partial charge in [0.1, 0.15) is 16.6 Å². The molecule has 0 spiro atoms. The molecular weight excluding hydrogens is 326 g/mol. The van der Waals surface area contributed by atoms with E-state index in [1.807, 2.05) is 78.9 Å². The summed E-state index contributed by atoms with van der Waals surface area (Å²) in [5.74, 6) is 0. The lowest BCUT2D eigenvalue weighted by atomic mass is 10.1. The van der Waals surface area contributed by atoms with Crippen LogP contribution in [0.4, 0.5) is 0 Å². The summed E-state index contributed by atoms with van der Waals surface area (Å²) < 4.78 is 5.29. The summed E-state index contributed by atoms with van der Waals surface area (Å²) in [6.45, 7) is 0. The number of hydrogen-bond acceptors (Lipinski definition) is 4. The average Bonchev–Trinajstić information content (AvgIpc) is 3.17. The van der Waals surface area contributed by atoms with E-state index in [2.05, 4.69) is 15.4 Å². The normalized spacial score (nSPS) is 10.5. The molecule has 5 aromatic rings. The Balaban J connectivity index is 0.000000157. The second-order valence-electron chi connectivity index (χ2n) is 5.66. The molecule has 2 heterocycles. The zero-order chi connectivity index (χ0) is 17.8. The number of fused-ring (bicyclic) bond motifs is 2. The van der Waals surface area contributed by atoms with Gasteiger partial charge in [-0.25, -0.2) is 4.79 Å². The highest BCUT2D eigenvalue weighted by Gasteiger charge is 2.06. The Morgan fingerprint density at radius 3 is 2.08 bits per heavy atom. The molecule has 0 fully saturated rings. The quantitative estimate of drug-likeness (QED) is 0.458. The van der Waals surface area contributed by atoms with Crippen molar-refractivity contribution in [1.82, 2.24) is 15.4 Å².